The van der Waals surface area contributed by atoms with Crippen molar-refractivity contribution >= 4 is 50.1 Å². The quantitative estimate of drug-likeness (QED) is 0.270. The molecule has 0 aliphatic heterocycles. The van der Waals surface area contributed by atoms with Gasteiger partial charge in [0.15, 0.2) is 16.5 Å². The number of benzene rings is 2. The molecule has 0 aliphatic rings. The number of carbonyl (C=O) groups is 1. The molecule has 0 atom stereocenters. The van der Waals surface area contributed by atoms with Crippen molar-refractivity contribution in [2.24, 2.45) is 0 Å². The first-order chi connectivity index (χ1) is 16.0. The van der Waals surface area contributed by atoms with Crippen LogP contribution in [-0.2, 0) is 11.3 Å². The summed E-state index contributed by atoms with van der Waals surface area (Å²) in [6, 6.07) is 13.5. The van der Waals surface area contributed by atoms with Crippen LogP contribution in [0, 0.1) is 10.1 Å². The molecule has 3 heterocycles. The molecule has 166 valence electrons. The Balaban J connectivity index is 1.21. The molecule has 0 aliphatic carbocycles. The topological polar surface area (TPSA) is 133 Å². The van der Waals surface area contributed by atoms with Gasteiger partial charge in [0, 0.05) is 29.8 Å². The van der Waals surface area contributed by atoms with Crippen LogP contribution in [0.3, 0.4) is 0 Å². The highest BCUT2D eigenvalue weighted by molar-refractivity contribution is 7.14. The SMILES string of the molecule is O=C(CCCn1c(=O)oc2cc([N+](=O)[O-])ccc21)Nc1nc(-c2cc3ccccc3o2)cs1. The zero-order valence-electron chi connectivity index (χ0n) is 17.0. The fraction of sp³-hybridized carbons (Fsp3) is 0.136. The van der Waals surface area contributed by atoms with Gasteiger partial charge in [-0.25, -0.2) is 9.78 Å². The van der Waals surface area contributed by atoms with Crippen LogP contribution in [0.4, 0.5) is 10.8 Å². The van der Waals surface area contributed by atoms with Crippen molar-refractivity contribution in [2.45, 2.75) is 19.4 Å². The molecule has 0 unspecified atom stereocenters. The summed E-state index contributed by atoms with van der Waals surface area (Å²) in [6.45, 7) is 0.235. The van der Waals surface area contributed by atoms with Gasteiger partial charge in [-0.15, -0.1) is 11.3 Å². The maximum atomic E-state index is 12.3. The lowest BCUT2D eigenvalue weighted by molar-refractivity contribution is -0.384. The van der Waals surface area contributed by atoms with Crippen LogP contribution in [0.1, 0.15) is 12.8 Å². The van der Waals surface area contributed by atoms with E-state index in [1.807, 2.05) is 35.7 Å². The second kappa shape index (κ2) is 8.36. The predicted octanol–water partition coefficient (Wildman–Crippen LogP) is 4.79. The smallest absolute Gasteiger partial charge is 0.419 e. The van der Waals surface area contributed by atoms with E-state index >= 15 is 0 Å². The Morgan fingerprint density at radius 3 is 2.82 bits per heavy atom. The van der Waals surface area contributed by atoms with E-state index in [-0.39, 0.29) is 30.1 Å². The third-order valence-corrected chi connectivity index (χ3v) is 5.83. The summed E-state index contributed by atoms with van der Waals surface area (Å²) in [5, 5.41) is 16.9. The number of nitro groups is 1. The number of nitrogens with one attached hydrogen (secondary N) is 1. The molecule has 0 saturated carbocycles. The molecule has 5 aromatic rings. The van der Waals surface area contributed by atoms with Crippen LogP contribution in [-0.4, -0.2) is 20.4 Å². The molecule has 5 rings (SSSR count). The number of non-ortho nitro benzene ring substituents is 1. The van der Waals surface area contributed by atoms with Gasteiger partial charge in [0.05, 0.1) is 16.5 Å². The van der Waals surface area contributed by atoms with Crippen LogP contribution >= 0.6 is 11.3 Å². The molecule has 1 amide bonds. The van der Waals surface area contributed by atoms with E-state index in [0.717, 1.165) is 11.0 Å². The summed E-state index contributed by atoms with van der Waals surface area (Å²) in [4.78, 5) is 39.2. The lowest BCUT2D eigenvalue weighted by atomic mass is 10.2. The second-order valence-electron chi connectivity index (χ2n) is 7.27. The Labute approximate surface area is 189 Å². The highest BCUT2D eigenvalue weighted by Gasteiger charge is 2.15. The first kappa shape index (κ1) is 20.6. The molecule has 11 heteroatoms. The molecule has 0 spiro atoms. The third kappa shape index (κ3) is 4.13. The van der Waals surface area contributed by atoms with E-state index in [1.54, 1.807) is 0 Å². The minimum atomic E-state index is -0.624. The first-order valence-electron chi connectivity index (χ1n) is 10.00. The fourth-order valence-corrected chi connectivity index (χ4v) is 4.23. The molecule has 0 saturated heterocycles. The summed E-state index contributed by atoms with van der Waals surface area (Å²) in [5.74, 6) is -0.238. The van der Waals surface area contributed by atoms with Crippen molar-refractivity contribution in [3.63, 3.8) is 0 Å². The van der Waals surface area contributed by atoms with Crippen LogP contribution in [0.15, 0.2) is 67.5 Å². The van der Waals surface area contributed by atoms with Crippen LogP contribution in [0.2, 0.25) is 0 Å². The number of fused-ring (bicyclic) bond motifs is 2. The van der Waals surface area contributed by atoms with E-state index in [0.29, 0.717) is 28.5 Å². The molecule has 1 N–H and O–H groups in total. The van der Waals surface area contributed by atoms with Gasteiger partial charge < -0.3 is 14.2 Å². The fourth-order valence-electron chi connectivity index (χ4n) is 3.51. The molecule has 2 aromatic carbocycles. The third-order valence-electron chi connectivity index (χ3n) is 5.08. The molecular formula is C22H16N4O6S. The van der Waals surface area contributed by atoms with Gasteiger partial charge in [0.1, 0.15) is 11.3 Å². The monoisotopic (exact) mass is 464 g/mol. The number of anilines is 1. The minimum absolute atomic E-state index is 0.138. The van der Waals surface area contributed by atoms with E-state index in [4.69, 9.17) is 8.83 Å². The molecule has 33 heavy (non-hydrogen) atoms. The summed E-state index contributed by atoms with van der Waals surface area (Å²) < 4.78 is 12.2. The van der Waals surface area contributed by atoms with Crippen molar-refractivity contribution in [3.8, 4) is 11.5 Å². The molecular weight excluding hydrogens is 448 g/mol. The van der Waals surface area contributed by atoms with Crippen molar-refractivity contribution < 1.29 is 18.6 Å². The number of amides is 1. The second-order valence-corrected chi connectivity index (χ2v) is 8.12. The van der Waals surface area contributed by atoms with E-state index < -0.39 is 10.7 Å². The average molecular weight is 464 g/mol. The number of para-hydroxylation sites is 1. The molecule has 0 bridgehead atoms. The van der Waals surface area contributed by atoms with Crippen molar-refractivity contribution in [1.82, 2.24) is 9.55 Å². The summed E-state index contributed by atoms with van der Waals surface area (Å²) >= 11 is 1.29. The van der Waals surface area contributed by atoms with Gasteiger partial charge in [0.2, 0.25) is 5.91 Å². The lowest BCUT2D eigenvalue weighted by Gasteiger charge is -2.03. The number of aryl methyl sites for hydroxylation is 1. The normalized spacial score (nSPS) is 11.3. The molecule has 3 aromatic heterocycles. The number of oxazole rings is 1. The number of carbonyl (C=O) groups excluding carboxylic acids is 1. The van der Waals surface area contributed by atoms with Gasteiger partial charge in [-0.05, 0) is 24.6 Å². The molecule has 0 radical (unpaired) electrons. The van der Waals surface area contributed by atoms with Crippen LogP contribution in [0.25, 0.3) is 33.5 Å². The van der Waals surface area contributed by atoms with E-state index in [1.165, 1.54) is 34.1 Å². The first-order valence-corrected chi connectivity index (χ1v) is 10.9. The van der Waals surface area contributed by atoms with Crippen LogP contribution in [0.5, 0.6) is 0 Å². The Kier molecular flexibility index (Phi) is 5.23. The lowest BCUT2D eigenvalue weighted by Crippen LogP contribution is -2.17. The Morgan fingerprint density at radius 1 is 1.15 bits per heavy atom. The van der Waals surface area contributed by atoms with Gasteiger partial charge in [-0.3, -0.25) is 19.5 Å². The van der Waals surface area contributed by atoms with Gasteiger partial charge in [-0.1, -0.05) is 18.2 Å². The number of nitrogens with zero attached hydrogens (tertiary/aromatic N) is 3. The number of nitro benzene ring substituents is 1. The average Bonchev–Trinajstić information content (AvgIpc) is 3.50. The Morgan fingerprint density at radius 2 is 2.00 bits per heavy atom. The van der Waals surface area contributed by atoms with Gasteiger partial charge in [-0.2, -0.15) is 0 Å². The number of rotatable bonds is 7. The summed E-state index contributed by atoms with van der Waals surface area (Å²) in [7, 11) is 0. The number of furan rings is 1. The number of aromatic nitrogens is 2. The molecule has 10 nitrogen and oxygen atoms in total. The highest BCUT2D eigenvalue weighted by atomic mass is 32.1. The summed E-state index contributed by atoms with van der Waals surface area (Å²) in [6.07, 6.45) is 0.533. The maximum absolute atomic E-state index is 12.3. The Hall–Kier alpha value is -4.25. The number of hydrogen-bond donors (Lipinski definition) is 1. The zero-order chi connectivity index (χ0) is 22.9. The maximum Gasteiger partial charge on any atom is 0.419 e. The number of hydrogen-bond acceptors (Lipinski definition) is 8. The summed E-state index contributed by atoms with van der Waals surface area (Å²) in [5.41, 5.74) is 1.83. The van der Waals surface area contributed by atoms with Crippen LogP contribution < -0.4 is 11.1 Å². The highest BCUT2D eigenvalue weighted by Crippen LogP contribution is 2.30. The zero-order valence-corrected chi connectivity index (χ0v) is 17.8. The van der Waals surface area contributed by atoms with E-state index in [9.17, 15) is 19.7 Å². The predicted molar refractivity (Wildman–Crippen MR) is 122 cm³/mol. The largest absolute Gasteiger partial charge is 0.454 e. The molecule has 0 fully saturated rings. The Bertz CT molecular complexity index is 1530. The van der Waals surface area contributed by atoms with Crippen molar-refractivity contribution in [1.29, 1.82) is 0 Å². The standard InChI is InChI=1S/C22H16N4O6S/c27-20(6-3-9-25-16-8-7-14(26(29)30)11-19(16)32-22(25)28)24-21-23-15(12-33-21)18-10-13-4-1-2-5-17(13)31-18/h1-2,4-5,7-8,10-12H,3,6,9H2,(H,23,24,27). The van der Waals surface area contributed by atoms with Gasteiger partial charge in [0.25, 0.3) is 5.69 Å². The van der Waals surface area contributed by atoms with Crippen molar-refractivity contribution in [2.75, 3.05) is 5.32 Å². The number of thiazole rings is 1. The minimum Gasteiger partial charge on any atom is -0.454 e. The van der Waals surface area contributed by atoms with Crippen molar-refractivity contribution in [3.05, 3.63) is 74.6 Å². The van der Waals surface area contributed by atoms with Gasteiger partial charge >= 0.3 is 5.76 Å². The van der Waals surface area contributed by atoms with E-state index in [2.05, 4.69) is 10.3 Å².